The number of carboxylic acids is 1. The lowest BCUT2D eigenvalue weighted by Crippen LogP contribution is -2.41. The van der Waals surface area contributed by atoms with Crippen LogP contribution >= 0.6 is 0 Å². The topological polar surface area (TPSA) is 66.8 Å². The molecule has 0 atom stereocenters. The predicted octanol–water partition coefficient (Wildman–Crippen LogP) is 1.66. The van der Waals surface area contributed by atoms with Gasteiger partial charge < -0.3 is 14.7 Å². The van der Waals surface area contributed by atoms with E-state index in [1.165, 1.54) is 0 Å². The van der Waals surface area contributed by atoms with E-state index in [2.05, 4.69) is 6.92 Å². The quantitative estimate of drug-likeness (QED) is 0.704. The minimum Gasteiger partial charge on any atom is -0.480 e. The normalized spacial score (nSPS) is 16.8. The van der Waals surface area contributed by atoms with E-state index in [0.717, 1.165) is 32.1 Å². The summed E-state index contributed by atoms with van der Waals surface area (Å²) in [4.78, 5) is 24.1. The van der Waals surface area contributed by atoms with E-state index in [4.69, 9.17) is 9.84 Å². The predicted molar refractivity (Wildman–Crippen MR) is 67.3 cm³/mol. The highest BCUT2D eigenvalue weighted by atomic mass is 16.5. The summed E-state index contributed by atoms with van der Waals surface area (Å²) < 4.78 is 5.23. The molecule has 0 unspecified atom stereocenters. The van der Waals surface area contributed by atoms with Gasteiger partial charge in [-0.1, -0.05) is 19.8 Å². The van der Waals surface area contributed by atoms with Crippen LogP contribution in [0, 0.1) is 0 Å². The molecule has 5 heteroatoms. The smallest absolute Gasteiger partial charge is 0.329 e. The van der Waals surface area contributed by atoms with Crippen molar-refractivity contribution < 1.29 is 19.4 Å². The van der Waals surface area contributed by atoms with Crippen molar-refractivity contribution in [1.82, 2.24) is 4.90 Å². The highest BCUT2D eigenvalue weighted by Gasteiger charge is 2.23. The van der Waals surface area contributed by atoms with Gasteiger partial charge in [-0.3, -0.25) is 4.79 Å². The molecule has 1 aliphatic heterocycles. The number of likely N-dealkylation sites (tertiary alicyclic amines) is 1. The number of hydrogen-bond acceptors (Lipinski definition) is 3. The largest absolute Gasteiger partial charge is 0.480 e. The number of piperidine rings is 1. The summed E-state index contributed by atoms with van der Waals surface area (Å²) in [5.41, 5.74) is 0. The summed E-state index contributed by atoms with van der Waals surface area (Å²) in [7, 11) is 0. The monoisotopic (exact) mass is 257 g/mol. The van der Waals surface area contributed by atoms with Gasteiger partial charge >= 0.3 is 5.97 Å². The second-order valence-electron chi connectivity index (χ2n) is 4.74. The number of nitrogens with zero attached hydrogens (tertiary/aromatic N) is 1. The minimum absolute atomic E-state index is 0.0132. The standard InChI is InChI=1S/C13H23NO4/c1-2-3-4-5-12(15)14-8-6-11(7-9-14)18-10-13(16)17/h11H,2-10H2,1H3,(H,16,17). The van der Waals surface area contributed by atoms with Crippen molar-refractivity contribution in [3.63, 3.8) is 0 Å². The van der Waals surface area contributed by atoms with Gasteiger partial charge in [-0.25, -0.2) is 4.79 Å². The average Bonchev–Trinajstić information content (AvgIpc) is 2.37. The van der Waals surface area contributed by atoms with Gasteiger partial charge in [0.15, 0.2) is 0 Å². The Morgan fingerprint density at radius 2 is 1.94 bits per heavy atom. The molecule has 1 N–H and O–H groups in total. The van der Waals surface area contributed by atoms with Crippen LogP contribution in [-0.2, 0) is 14.3 Å². The number of carbonyl (C=O) groups is 2. The zero-order valence-electron chi connectivity index (χ0n) is 11.1. The van der Waals surface area contributed by atoms with Gasteiger partial charge in [0.1, 0.15) is 6.61 Å². The maximum absolute atomic E-state index is 11.8. The number of hydrogen-bond donors (Lipinski definition) is 1. The fraction of sp³-hybridized carbons (Fsp3) is 0.846. The fourth-order valence-corrected chi connectivity index (χ4v) is 2.15. The number of aliphatic carboxylic acids is 1. The molecule has 0 aromatic carbocycles. The molecule has 0 bridgehead atoms. The number of unbranched alkanes of at least 4 members (excludes halogenated alkanes) is 2. The number of ether oxygens (including phenoxy) is 1. The van der Waals surface area contributed by atoms with E-state index < -0.39 is 5.97 Å². The first kappa shape index (κ1) is 15.0. The first-order valence-electron chi connectivity index (χ1n) is 6.74. The zero-order chi connectivity index (χ0) is 13.4. The highest BCUT2D eigenvalue weighted by molar-refractivity contribution is 5.76. The molecular formula is C13H23NO4. The van der Waals surface area contributed by atoms with Gasteiger partial charge in [0.25, 0.3) is 0 Å². The molecule has 18 heavy (non-hydrogen) atoms. The molecule has 0 aromatic heterocycles. The maximum Gasteiger partial charge on any atom is 0.329 e. The third-order valence-electron chi connectivity index (χ3n) is 3.23. The first-order chi connectivity index (χ1) is 8.63. The Balaban J connectivity index is 2.17. The van der Waals surface area contributed by atoms with Crippen molar-refractivity contribution in [3.8, 4) is 0 Å². The molecular weight excluding hydrogens is 234 g/mol. The van der Waals surface area contributed by atoms with Gasteiger partial charge in [-0.05, 0) is 19.3 Å². The van der Waals surface area contributed by atoms with Crippen LogP contribution in [0.5, 0.6) is 0 Å². The third-order valence-corrected chi connectivity index (χ3v) is 3.23. The molecule has 5 nitrogen and oxygen atoms in total. The summed E-state index contributed by atoms with van der Waals surface area (Å²) >= 11 is 0. The van der Waals surface area contributed by atoms with Crippen molar-refractivity contribution in [2.45, 2.75) is 51.6 Å². The van der Waals surface area contributed by atoms with Crippen LogP contribution in [0.1, 0.15) is 45.4 Å². The van der Waals surface area contributed by atoms with E-state index in [1.54, 1.807) is 0 Å². The Morgan fingerprint density at radius 3 is 2.50 bits per heavy atom. The van der Waals surface area contributed by atoms with Gasteiger partial charge in [-0.15, -0.1) is 0 Å². The lowest BCUT2D eigenvalue weighted by molar-refractivity contribution is -0.146. The highest BCUT2D eigenvalue weighted by Crippen LogP contribution is 2.15. The SMILES string of the molecule is CCCCCC(=O)N1CCC(OCC(=O)O)CC1. The zero-order valence-corrected chi connectivity index (χ0v) is 11.1. The second-order valence-corrected chi connectivity index (χ2v) is 4.74. The molecule has 1 fully saturated rings. The van der Waals surface area contributed by atoms with Crippen molar-refractivity contribution >= 4 is 11.9 Å². The van der Waals surface area contributed by atoms with Crippen LogP contribution in [0.4, 0.5) is 0 Å². The molecule has 104 valence electrons. The van der Waals surface area contributed by atoms with Crippen LogP contribution in [0.15, 0.2) is 0 Å². The lowest BCUT2D eigenvalue weighted by atomic mass is 10.1. The molecule has 0 saturated carbocycles. The lowest BCUT2D eigenvalue weighted by Gasteiger charge is -2.31. The summed E-state index contributed by atoms with van der Waals surface area (Å²) in [6.07, 6.45) is 5.29. The second kappa shape index (κ2) is 8.08. The van der Waals surface area contributed by atoms with Gasteiger partial charge in [0.05, 0.1) is 6.10 Å². The van der Waals surface area contributed by atoms with E-state index >= 15 is 0 Å². The summed E-state index contributed by atoms with van der Waals surface area (Å²) in [6, 6.07) is 0. The Hall–Kier alpha value is -1.10. The first-order valence-corrected chi connectivity index (χ1v) is 6.74. The Labute approximate surface area is 108 Å². The minimum atomic E-state index is -0.937. The molecule has 0 spiro atoms. The Morgan fingerprint density at radius 1 is 1.28 bits per heavy atom. The number of carbonyl (C=O) groups excluding carboxylic acids is 1. The van der Waals surface area contributed by atoms with Crippen molar-refractivity contribution in [1.29, 1.82) is 0 Å². The van der Waals surface area contributed by atoms with Crippen LogP contribution < -0.4 is 0 Å². The van der Waals surface area contributed by atoms with E-state index in [9.17, 15) is 9.59 Å². The van der Waals surface area contributed by atoms with Gasteiger partial charge in [-0.2, -0.15) is 0 Å². The molecule has 1 rings (SSSR count). The fourth-order valence-electron chi connectivity index (χ4n) is 2.15. The van der Waals surface area contributed by atoms with Crippen LogP contribution in [-0.4, -0.2) is 47.7 Å². The van der Waals surface area contributed by atoms with Gasteiger partial charge in [0.2, 0.25) is 5.91 Å². The molecule has 1 amide bonds. The summed E-state index contributed by atoms with van der Waals surface area (Å²) in [5.74, 6) is -0.715. The molecule has 0 aromatic rings. The van der Waals surface area contributed by atoms with Crippen LogP contribution in [0.3, 0.4) is 0 Å². The Bertz CT molecular complexity index is 272. The molecule has 1 saturated heterocycles. The van der Waals surface area contributed by atoms with Crippen LogP contribution in [0.25, 0.3) is 0 Å². The van der Waals surface area contributed by atoms with Crippen LogP contribution in [0.2, 0.25) is 0 Å². The maximum atomic E-state index is 11.8. The molecule has 0 aliphatic carbocycles. The summed E-state index contributed by atoms with van der Waals surface area (Å²) in [5, 5.41) is 8.52. The number of amides is 1. The van der Waals surface area contributed by atoms with Crippen molar-refractivity contribution in [2.24, 2.45) is 0 Å². The summed E-state index contributed by atoms with van der Waals surface area (Å²) in [6.45, 7) is 3.26. The molecule has 0 radical (unpaired) electrons. The Kier molecular flexibility index (Phi) is 6.72. The number of carboxylic acid groups (broad SMARTS) is 1. The average molecular weight is 257 g/mol. The molecule has 1 heterocycles. The van der Waals surface area contributed by atoms with E-state index in [-0.39, 0.29) is 18.6 Å². The van der Waals surface area contributed by atoms with Gasteiger partial charge in [0, 0.05) is 19.5 Å². The number of rotatable bonds is 7. The molecule has 1 aliphatic rings. The van der Waals surface area contributed by atoms with E-state index in [0.29, 0.717) is 19.5 Å². The van der Waals surface area contributed by atoms with Crippen molar-refractivity contribution in [2.75, 3.05) is 19.7 Å². The van der Waals surface area contributed by atoms with Crippen molar-refractivity contribution in [3.05, 3.63) is 0 Å². The third kappa shape index (κ3) is 5.49. The van der Waals surface area contributed by atoms with E-state index in [1.807, 2.05) is 4.90 Å².